The summed E-state index contributed by atoms with van der Waals surface area (Å²) in [5.41, 5.74) is 1.52. The number of carbonyl (C=O) groups excluding carboxylic acids is 1. The van der Waals surface area contributed by atoms with Gasteiger partial charge in [0.25, 0.3) is 0 Å². The van der Waals surface area contributed by atoms with E-state index in [1.54, 1.807) is 18.2 Å². The molecular weight excluding hydrogens is 355 g/mol. The number of ether oxygens (including phenoxy) is 1. The summed E-state index contributed by atoms with van der Waals surface area (Å²) in [5.74, 6) is -0.170. The van der Waals surface area contributed by atoms with Gasteiger partial charge in [0, 0.05) is 22.3 Å². The van der Waals surface area contributed by atoms with Crippen molar-refractivity contribution in [2.24, 2.45) is 0 Å². The first-order chi connectivity index (χ1) is 11.1. The highest BCUT2D eigenvalue weighted by molar-refractivity contribution is 8.00. The van der Waals surface area contributed by atoms with E-state index in [9.17, 15) is 4.79 Å². The van der Waals surface area contributed by atoms with Crippen LogP contribution in [0.3, 0.4) is 0 Å². The number of imidazole rings is 1. The number of pyridine rings is 1. The predicted octanol–water partition coefficient (Wildman–Crippen LogP) is 4.48. The van der Waals surface area contributed by atoms with Crippen molar-refractivity contribution < 1.29 is 9.53 Å². The maximum absolute atomic E-state index is 11.8. The van der Waals surface area contributed by atoms with Crippen molar-refractivity contribution in [2.75, 3.05) is 5.75 Å². The lowest BCUT2D eigenvalue weighted by molar-refractivity contribution is -0.141. The number of halogens is 2. The Labute approximate surface area is 147 Å². The highest BCUT2D eigenvalue weighted by Gasteiger charge is 2.09. The highest BCUT2D eigenvalue weighted by atomic mass is 35.5. The molecule has 0 bridgehead atoms. The number of carbonyl (C=O) groups is 1. The van der Waals surface area contributed by atoms with E-state index in [2.05, 4.69) is 4.98 Å². The Morgan fingerprint density at radius 2 is 2.13 bits per heavy atom. The lowest BCUT2D eigenvalue weighted by atomic mass is 10.4. The molecule has 0 aliphatic rings. The van der Waals surface area contributed by atoms with Gasteiger partial charge in [0.05, 0.1) is 16.5 Å². The monoisotopic (exact) mass is 366 g/mol. The second-order valence-corrected chi connectivity index (χ2v) is 6.58. The van der Waals surface area contributed by atoms with Crippen LogP contribution in [0.5, 0.6) is 0 Å². The molecule has 2 heterocycles. The molecule has 0 aliphatic heterocycles. The Hall–Kier alpha value is -1.69. The van der Waals surface area contributed by atoms with Crippen molar-refractivity contribution in [3.8, 4) is 0 Å². The van der Waals surface area contributed by atoms with Crippen LogP contribution >= 0.6 is 35.0 Å². The van der Waals surface area contributed by atoms with Crippen molar-refractivity contribution in [1.29, 1.82) is 0 Å². The van der Waals surface area contributed by atoms with Gasteiger partial charge in [0.15, 0.2) is 0 Å². The van der Waals surface area contributed by atoms with Crippen molar-refractivity contribution in [3.05, 3.63) is 64.5 Å². The Morgan fingerprint density at radius 3 is 2.96 bits per heavy atom. The number of aromatic nitrogens is 2. The molecule has 2 aromatic heterocycles. The van der Waals surface area contributed by atoms with Gasteiger partial charge >= 0.3 is 5.97 Å². The first kappa shape index (κ1) is 16.2. The first-order valence-corrected chi connectivity index (χ1v) is 8.52. The van der Waals surface area contributed by atoms with Gasteiger partial charge in [0.2, 0.25) is 0 Å². The lowest BCUT2D eigenvalue weighted by Gasteiger charge is -2.05. The van der Waals surface area contributed by atoms with Crippen LogP contribution in [-0.2, 0) is 16.1 Å². The third-order valence-electron chi connectivity index (χ3n) is 3.03. The zero-order valence-corrected chi connectivity index (χ0v) is 14.2. The first-order valence-electron chi connectivity index (χ1n) is 6.78. The maximum Gasteiger partial charge on any atom is 0.316 e. The number of nitrogens with zero attached hydrogens (tertiary/aromatic N) is 2. The number of fused-ring (bicyclic) bond motifs is 1. The maximum atomic E-state index is 11.8. The summed E-state index contributed by atoms with van der Waals surface area (Å²) in [4.78, 5) is 17.0. The zero-order valence-electron chi connectivity index (χ0n) is 11.9. The van der Waals surface area contributed by atoms with Gasteiger partial charge in [-0.2, -0.15) is 0 Å². The van der Waals surface area contributed by atoms with E-state index >= 15 is 0 Å². The summed E-state index contributed by atoms with van der Waals surface area (Å²) in [5, 5.41) is 1.14. The van der Waals surface area contributed by atoms with Crippen LogP contribution in [0.25, 0.3) is 5.65 Å². The fourth-order valence-electron chi connectivity index (χ4n) is 1.98. The molecule has 0 aliphatic carbocycles. The van der Waals surface area contributed by atoms with Crippen LogP contribution in [0.1, 0.15) is 5.69 Å². The number of benzene rings is 1. The van der Waals surface area contributed by atoms with Gasteiger partial charge in [-0.3, -0.25) is 4.79 Å². The second-order valence-electron chi connectivity index (χ2n) is 4.72. The van der Waals surface area contributed by atoms with E-state index in [-0.39, 0.29) is 18.3 Å². The molecule has 0 atom stereocenters. The summed E-state index contributed by atoms with van der Waals surface area (Å²) >= 11 is 13.3. The van der Waals surface area contributed by atoms with Crippen molar-refractivity contribution in [2.45, 2.75) is 11.5 Å². The summed E-state index contributed by atoms with van der Waals surface area (Å²) in [6.07, 6.45) is 3.73. The zero-order chi connectivity index (χ0) is 16.2. The molecule has 0 radical (unpaired) electrons. The molecule has 0 unspecified atom stereocenters. The minimum Gasteiger partial charge on any atom is -0.458 e. The Kier molecular flexibility index (Phi) is 5.10. The molecule has 0 saturated heterocycles. The van der Waals surface area contributed by atoms with E-state index in [0.717, 1.165) is 10.5 Å². The van der Waals surface area contributed by atoms with Gasteiger partial charge in [0.1, 0.15) is 12.3 Å². The topological polar surface area (TPSA) is 43.6 Å². The van der Waals surface area contributed by atoms with Gasteiger partial charge in [-0.25, -0.2) is 4.98 Å². The number of hydrogen-bond donors (Lipinski definition) is 0. The SMILES string of the molecule is O=C(CSc1cc(Cl)ccc1Cl)OCc1cn2ccccc2n1. The Morgan fingerprint density at radius 1 is 1.26 bits per heavy atom. The molecule has 0 saturated carbocycles. The van der Waals surface area contributed by atoms with Gasteiger partial charge < -0.3 is 9.14 Å². The van der Waals surface area contributed by atoms with Crippen molar-refractivity contribution in [3.63, 3.8) is 0 Å². The molecule has 0 N–H and O–H groups in total. The number of thioether (sulfide) groups is 1. The molecule has 0 amide bonds. The molecule has 1 aromatic carbocycles. The molecular formula is C16H12Cl2N2O2S. The molecule has 3 aromatic rings. The van der Waals surface area contributed by atoms with Crippen LogP contribution in [0, 0.1) is 0 Å². The smallest absolute Gasteiger partial charge is 0.316 e. The third-order valence-corrected chi connectivity index (χ3v) is 4.74. The molecule has 4 nitrogen and oxygen atoms in total. The molecule has 0 fully saturated rings. The molecule has 7 heteroatoms. The normalized spacial score (nSPS) is 10.9. The predicted molar refractivity (Wildman–Crippen MR) is 92.2 cm³/mol. The highest BCUT2D eigenvalue weighted by Crippen LogP contribution is 2.29. The number of hydrogen-bond acceptors (Lipinski definition) is 4. The van der Waals surface area contributed by atoms with E-state index in [1.807, 2.05) is 35.0 Å². The fraction of sp³-hybridized carbons (Fsp3) is 0.125. The van der Waals surface area contributed by atoms with Crippen LogP contribution < -0.4 is 0 Å². The van der Waals surface area contributed by atoms with Gasteiger partial charge in [-0.15, -0.1) is 11.8 Å². The van der Waals surface area contributed by atoms with Crippen LogP contribution in [0.4, 0.5) is 0 Å². The average Bonchev–Trinajstić information content (AvgIpc) is 2.96. The standard InChI is InChI=1S/C16H12Cl2N2O2S/c17-11-4-5-13(18)14(7-11)23-10-16(21)22-9-12-8-20-6-2-1-3-15(20)19-12/h1-8H,9-10H2. The van der Waals surface area contributed by atoms with E-state index in [4.69, 9.17) is 27.9 Å². The largest absolute Gasteiger partial charge is 0.458 e. The second kappa shape index (κ2) is 7.25. The average molecular weight is 367 g/mol. The number of rotatable bonds is 5. The quantitative estimate of drug-likeness (QED) is 0.493. The Balaban J connectivity index is 1.54. The van der Waals surface area contributed by atoms with Crippen LogP contribution in [0.2, 0.25) is 10.0 Å². The van der Waals surface area contributed by atoms with Crippen LogP contribution in [-0.4, -0.2) is 21.1 Å². The van der Waals surface area contributed by atoms with Crippen molar-refractivity contribution in [1.82, 2.24) is 9.38 Å². The minimum atomic E-state index is -0.330. The third kappa shape index (κ3) is 4.19. The van der Waals surface area contributed by atoms with E-state index in [1.165, 1.54) is 11.8 Å². The van der Waals surface area contributed by atoms with Crippen molar-refractivity contribution >= 4 is 46.6 Å². The molecule has 0 spiro atoms. The molecule has 23 heavy (non-hydrogen) atoms. The summed E-state index contributed by atoms with van der Waals surface area (Å²) in [7, 11) is 0. The lowest BCUT2D eigenvalue weighted by Crippen LogP contribution is -2.07. The van der Waals surface area contributed by atoms with Crippen LogP contribution in [0.15, 0.2) is 53.7 Å². The van der Waals surface area contributed by atoms with E-state index in [0.29, 0.717) is 15.7 Å². The molecule has 118 valence electrons. The summed E-state index contributed by atoms with van der Waals surface area (Å²) < 4.78 is 7.12. The van der Waals surface area contributed by atoms with Gasteiger partial charge in [-0.1, -0.05) is 29.3 Å². The summed E-state index contributed by atoms with van der Waals surface area (Å²) in [6, 6.07) is 10.8. The number of esters is 1. The molecule has 3 rings (SSSR count). The summed E-state index contributed by atoms with van der Waals surface area (Å²) in [6.45, 7) is 0.143. The van der Waals surface area contributed by atoms with Gasteiger partial charge in [-0.05, 0) is 30.3 Å². The minimum absolute atomic E-state index is 0.143. The fourth-order valence-corrected chi connectivity index (χ4v) is 3.27. The Bertz CT molecular complexity index is 818. The van der Waals surface area contributed by atoms with E-state index < -0.39 is 0 Å².